The highest BCUT2D eigenvalue weighted by molar-refractivity contribution is 5.28. The number of benzene rings is 1. The van der Waals surface area contributed by atoms with E-state index in [1.165, 1.54) is 12.0 Å². The standard InChI is InChI=1S/C17H30N2O2/c1-4-15-8-7-9-17(12-15)21-14-16(20)13-18-10-5-6-11-19(2)3/h7-9,12,16,18,20H,4-6,10-11,13-14H2,1-3H3. The highest BCUT2D eigenvalue weighted by Crippen LogP contribution is 2.13. The summed E-state index contributed by atoms with van der Waals surface area (Å²) in [6.45, 7) is 5.08. The van der Waals surface area contributed by atoms with Crippen LogP contribution >= 0.6 is 0 Å². The predicted octanol–water partition coefficient (Wildman–Crippen LogP) is 1.92. The number of aliphatic hydroxyl groups excluding tert-OH is 1. The van der Waals surface area contributed by atoms with Crippen LogP contribution in [0.2, 0.25) is 0 Å². The van der Waals surface area contributed by atoms with E-state index in [0.717, 1.165) is 31.7 Å². The summed E-state index contributed by atoms with van der Waals surface area (Å²) >= 11 is 0. The largest absolute Gasteiger partial charge is 0.491 e. The maximum Gasteiger partial charge on any atom is 0.119 e. The Hall–Kier alpha value is -1.10. The summed E-state index contributed by atoms with van der Waals surface area (Å²) < 4.78 is 5.62. The molecule has 0 saturated carbocycles. The van der Waals surface area contributed by atoms with Gasteiger partial charge >= 0.3 is 0 Å². The summed E-state index contributed by atoms with van der Waals surface area (Å²) in [4.78, 5) is 2.19. The van der Waals surface area contributed by atoms with Gasteiger partial charge in [-0.05, 0) is 64.1 Å². The summed E-state index contributed by atoms with van der Waals surface area (Å²) in [7, 11) is 4.17. The lowest BCUT2D eigenvalue weighted by molar-refractivity contribution is 0.106. The van der Waals surface area contributed by atoms with Gasteiger partial charge in [-0.25, -0.2) is 0 Å². The van der Waals surface area contributed by atoms with Gasteiger partial charge < -0.3 is 20.1 Å². The van der Waals surface area contributed by atoms with Crippen molar-refractivity contribution in [2.45, 2.75) is 32.3 Å². The minimum Gasteiger partial charge on any atom is -0.491 e. The van der Waals surface area contributed by atoms with E-state index < -0.39 is 6.10 Å². The van der Waals surface area contributed by atoms with Crippen molar-refractivity contribution in [3.63, 3.8) is 0 Å². The molecule has 21 heavy (non-hydrogen) atoms. The van der Waals surface area contributed by atoms with Crippen molar-refractivity contribution in [1.29, 1.82) is 0 Å². The monoisotopic (exact) mass is 294 g/mol. The average Bonchev–Trinajstić information content (AvgIpc) is 2.48. The second-order valence-corrected chi connectivity index (χ2v) is 5.68. The number of unbranched alkanes of at least 4 members (excludes halogenated alkanes) is 1. The molecule has 2 N–H and O–H groups in total. The van der Waals surface area contributed by atoms with Gasteiger partial charge in [-0.1, -0.05) is 19.1 Å². The fraction of sp³-hybridized carbons (Fsp3) is 0.647. The molecule has 0 saturated heterocycles. The number of nitrogens with one attached hydrogen (secondary N) is 1. The van der Waals surface area contributed by atoms with Gasteiger partial charge in [-0.3, -0.25) is 0 Å². The molecule has 4 heteroatoms. The normalized spacial score (nSPS) is 12.6. The van der Waals surface area contributed by atoms with Gasteiger partial charge in [0, 0.05) is 6.54 Å². The Morgan fingerprint density at radius 3 is 2.81 bits per heavy atom. The fourth-order valence-corrected chi connectivity index (χ4v) is 2.05. The molecule has 1 unspecified atom stereocenters. The summed E-state index contributed by atoms with van der Waals surface area (Å²) in [6.07, 6.45) is 2.83. The van der Waals surface area contributed by atoms with E-state index in [4.69, 9.17) is 4.74 Å². The highest BCUT2D eigenvalue weighted by Gasteiger charge is 2.05. The first kappa shape index (κ1) is 18.0. The van der Waals surface area contributed by atoms with Gasteiger partial charge in [0.25, 0.3) is 0 Å². The second-order valence-electron chi connectivity index (χ2n) is 5.68. The van der Waals surface area contributed by atoms with Crippen LogP contribution in [-0.2, 0) is 6.42 Å². The van der Waals surface area contributed by atoms with E-state index in [0.29, 0.717) is 13.2 Å². The zero-order valence-corrected chi connectivity index (χ0v) is 13.6. The minimum absolute atomic E-state index is 0.331. The van der Waals surface area contributed by atoms with Gasteiger partial charge in [0.2, 0.25) is 0 Å². The van der Waals surface area contributed by atoms with Crippen LogP contribution < -0.4 is 10.1 Å². The Morgan fingerprint density at radius 2 is 2.10 bits per heavy atom. The number of rotatable bonds is 11. The smallest absolute Gasteiger partial charge is 0.119 e. The number of hydrogen-bond acceptors (Lipinski definition) is 4. The Labute approximate surface area is 129 Å². The van der Waals surface area contributed by atoms with Crippen LogP contribution in [0.4, 0.5) is 0 Å². The topological polar surface area (TPSA) is 44.7 Å². The Bertz CT molecular complexity index is 383. The van der Waals surface area contributed by atoms with Crippen LogP contribution in [0.3, 0.4) is 0 Å². The van der Waals surface area contributed by atoms with Crippen molar-refractivity contribution in [3.8, 4) is 5.75 Å². The van der Waals surface area contributed by atoms with Crippen molar-refractivity contribution < 1.29 is 9.84 Å². The lowest BCUT2D eigenvalue weighted by atomic mass is 10.2. The second kappa shape index (κ2) is 10.6. The van der Waals surface area contributed by atoms with E-state index in [-0.39, 0.29) is 0 Å². The van der Waals surface area contributed by atoms with Gasteiger partial charge in [0.05, 0.1) is 0 Å². The highest BCUT2D eigenvalue weighted by atomic mass is 16.5. The molecular weight excluding hydrogens is 264 g/mol. The molecule has 0 aliphatic rings. The fourth-order valence-electron chi connectivity index (χ4n) is 2.05. The van der Waals surface area contributed by atoms with Crippen molar-refractivity contribution in [1.82, 2.24) is 10.2 Å². The van der Waals surface area contributed by atoms with Gasteiger partial charge in [0.15, 0.2) is 0 Å². The molecule has 0 radical (unpaired) electrons. The van der Waals surface area contributed by atoms with Crippen LogP contribution in [-0.4, -0.2) is 56.4 Å². The predicted molar refractivity (Wildman–Crippen MR) is 88.0 cm³/mol. The van der Waals surface area contributed by atoms with Gasteiger partial charge in [0.1, 0.15) is 18.5 Å². The maximum absolute atomic E-state index is 9.89. The molecule has 0 aromatic heterocycles. The number of aliphatic hydroxyl groups is 1. The van der Waals surface area contributed by atoms with E-state index in [1.807, 2.05) is 18.2 Å². The molecule has 120 valence electrons. The molecular formula is C17H30N2O2. The summed E-state index contributed by atoms with van der Waals surface area (Å²) in [5.74, 6) is 0.833. The molecule has 1 rings (SSSR count). The van der Waals surface area contributed by atoms with Crippen LogP contribution in [0.15, 0.2) is 24.3 Å². The summed E-state index contributed by atoms with van der Waals surface area (Å²) in [5, 5.41) is 13.2. The summed E-state index contributed by atoms with van der Waals surface area (Å²) in [6, 6.07) is 8.03. The number of aryl methyl sites for hydroxylation is 1. The molecule has 0 amide bonds. The number of ether oxygens (including phenoxy) is 1. The molecule has 0 spiro atoms. The van der Waals surface area contributed by atoms with E-state index in [2.05, 4.69) is 37.3 Å². The van der Waals surface area contributed by atoms with Crippen LogP contribution in [0.5, 0.6) is 5.75 Å². The minimum atomic E-state index is -0.468. The molecule has 0 heterocycles. The molecule has 0 aliphatic carbocycles. The van der Waals surface area contributed by atoms with Crippen LogP contribution in [0.25, 0.3) is 0 Å². The Balaban J connectivity index is 2.09. The molecule has 4 nitrogen and oxygen atoms in total. The van der Waals surface area contributed by atoms with Crippen molar-refractivity contribution in [3.05, 3.63) is 29.8 Å². The molecule has 1 aromatic carbocycles. The average molecular weight is 294 g/mol. The third-order valence-corrected chi connectivity index (χ3v) is 3.34. The first-order valence-electron chi connectivity index (χ1n) is 7.87. The van der Waals surface area contributed by atoms with Crippen LogP contribution in [0.1, 0.15) is 25.3 Å². The SMILES string of the molecule is CCc1cccc(OCC(O)CNCCCCN(C)C)c1. The van der Waals surface area contributed by atoms with Gasteiger partial charge in [-0.2, -0.15) is 0 Å². The zero-order valence-electron chi connectivity index (χ0n) is 13.6. The zero-order chi connectivity index (χ0) is 15.5. The maximum atomic E-state index is 9.89. The number of hydrogen-bond donors (Lipinski definition) is 2. The lowest BCUT2D eigenvalue weighted by Crippen LogP contribution is -2.32. The molecule has 1 aromatic rings. The van der Waals surface area contributed by atoms with E-state index >= 15 is 0 Å². The van der Waals surface area contributed by atoms with Crippen LogP contribution in [0, 0.1) is 0 Å². The van der Waals surface area contributed by atoms with E-state index in [9.17, 15) is 5.11 Å². The van der Waals surface area contributed by atoms with E-state index in [1.54, 1.807) is 0 Å². The van der Waals surface area contributed by atoms with Crippen molar-refractivity contribution in [2.24, 2.45) is 0 Å². The summed E-state index contributed by atoms with van der Waals surface area (Å²) in [5.41, 5.74) is 1.25. The molecule has 0 fully saturated rings. The first-order valence-corrected chi connectivity index (χ1v) is 7.87. The van der Waals surface area contributed by atoms with Crippen molar-refractivity contribution >= 4 is 0 Å². The molecule has 0 bridgehead atoms. The lowest BCUT2D eigenvalue weighted by Gasteiger charge is -2.14. The van der Waals surface area contributed by atoms with Gasteiger partial charge in [-0.15, -0.1) is 0 Å². The quantitative estimate of drug-likeness (QED) is 0.612. The number of nitrogens with zero attached hydrogens (tertiary/aromatic N) is 1. The first-order chi connectivity index (χ1) is 10.1. The Morgan fingerprint density at radius 1 is 1.29 bits per heavy atom. The van der Waals surface area contributed by atoms with Crippen molar-refractivity contribution in [2.75, 3.05) is 40.3 Å². The molecule has 1 atom stereocenters. The Kier molecular flexibility index (Phi) is 9.06. The third-order valence-electron chi connectivity index (χ3n) is 3.34. The molecule has 0 aliphatic heterocycles. The third kappa shape index (κ3) is 8.71.